The average molecular weight is 303 g/mol. The molecule has 1 N–H and O–H groups in total. The number of halogens is 1. The largest absolute Gasteiger partial charge is 0.465 e. The van der Waals surface area contributed by atoms with Gasteiger partial charge in [-0.05, 0) is 25.1 Å². The van der Waals surface area contributed by atoms with Crippen LogP contribution < -0.4 is 5.32 Å². The minimum Gasteiger partial charge on any atom is -0.465 e. The summed E-state index contributed by atoms with van der Waals surface area (Å²) in [7, 11) is -1.93. The minimum absolute atomic E-state index is 0.0315. The van der Waals surface area contributed by atoms with Crippen LogP contribution in [0.3, 0.4) is 0 Å². The second-order valence-electron chi connectivity index (χ2n) is 4.43. The molecule has 0 heterocycles. The Morgan fingerprint density at radius 3 is 2.65 bits per heavy atom. The molecule has 0 amide bonds. The predicted molar refractivity (Wildman–Crippen MR) is 75.2 cm³/mol. The van der Waals surface area contributed by atoms with Crippen molar-refractivity contribution in [2.75, 3.05) is 23.9 Å². The monoisotopic (exact) mass is 303 g/mol. The van der Waals surface area contributed by atoms with Gasteiger partial charge in [-0.1, -0.05) is 6.92 Å². The van der Waals surface area contributed by atoms with E-state index < -0.39 is 27.7 Å². The number of esters is 1. The number of benzene rings is 1. The molecule has 1 rings (SSSR count). The lowest BCUT2D eigenvalue weighted by Gasteiger charge is -2.16. The van der Waals surface area contributed by atoms with Gasteiger partial charge in [0.15, 0.2) is 9.84 Å². The zero-order chi connectivity index (χ0) is 15.3. The number of carbonyl (C=O) groups is 1. The van der Waals surface area contributed by atoms with Crippen molar-refractivity contribution in [2.24, 2.45) is 0 Å². The molecule has 1 aromatic rings. The highest BCUT2D eigenvalue weighted by Gasteiger charge is 2.16. The summed E-state index contributed by atoms with van der Waals surface area (Å²) in [6.07, 6.45) is 0. The Morgan fingerprint density at radius 2 is 2.10 bits per heavy atom. The number of carbonyl (C=O) groups excluding carboxylic acids is 1. The summed E-state index contributed by atoms with van der Waals surface area (Å²) in [5, 5.41) is 2.76. The molecule has 1 atom stereocenters. The van der Waals surface area contributed by atoms with E-state index in [1.165, 1.54) is 19.2 Å². The highest BCUT2D eigenvalue weighted by Crippen LogP contribution is 2.18. The molecule has 0 spiro atoms. The summed E-state index contributed by atoms with van der Waals surface area (Å²) in [5.74, 6) is -1.21. The fraction of sp³-hybridized carbons (Fsp3) is 0.462. The summed E-state index contributed by atoms with van der Waals surface area (Å²) in [6, 6.07) is 3.27. The first-order valence-corrected chi connectivity index (χ1v) is 7.96. The van der Waals surface area contributed by atoms with E-state index in [0.29, 0.717) is 0 Å². The lowest BCUT2D eigenvalue weighted by atomic mass is 10.2. The molecule has 0 radical (unpaired) electrons. The van der Waals surface area contributed by atoms with Crippen LogP contribution in [0.2, 0.25) is 0 Å². The van der Waals surface area contributed by atoms with E-state index in [1.54, 1.807) is 13.8 Å². The molecular formula is C13H18FNO4S. The smallest absolute Gasteiger partial charge is 0.337 e. The molecule has 7 heteroatoms. The van der Waals surface area contributed by atoms with Gasteiger partial charge in [0.1, 0.15) is 5.82 Å². The highest BCUT2D eigenvalue weighted by atomic mass is 32.2. The van der Waals surface area contributed by atoms with E-state index in [-0.39, 0.29) is 22.8 Å². The Bertz CT molecular complexity index is 586. The number of sulfone groups is 1. The van der Waals surface area contributed by atoms with Crippen LogP contribution in [0.1, 0.15) is 24.2 Å². The van der Waals surface area contributed by atoms with Gasteiger partial charge >= 0.3 is 5.97 Å². The lowest BCUT2D eigenvalue weighted by molar-refractivity contribution is 0.0600. The van der Waals surface area contributed by atoms with Crippen LogP contribution in [0.4, 0.5) is 10.1 Å². The van der Waals surface area contributed by atoms with E-state index >= 15 is 0 Å². The first-order chi connectivity index (χ1) is 9.29. The Balaban J connectivity index is 2.89. The molecule has 1 unspecified atom stereocenters. The van der Waals surface area contributed by atoms with Gasteiger partial charge in [0.05, 0.1) is 24.1 Å². The maximum atomic E-state index is 13.6. The summed E-state index contributed by atoms with van der Waals surface area (Å²) in [5.41, 5.74) is 0.272. The Kier molecular flexibility index (Phi) is 5.50. The standard InChI is InChI=1S/C13H18FNO4S/c1-4-20(17,18)8-9(2)15-12-7-10(13(16)19-3)5-6-11(12)14/h5-7,9,15H,4,8H2,1-3H3. The third-order valence-electron chi connectivity index (χ3n) is 2.73. The van der Waals surface area contributed by atoms with Crippen molar-refractivity contribution in [3.05, 3.63) is 29.6 Å². The normalized spacial score (nSPS) is 12.8. The average Bonchev–Trinajstić information content (AvgIpc) is 2.39. The maximum absolute atomic E-state index is 13.6. The maximum Gasteiger partial charge on any atom is 0.337 e. The molecule has 112 valence electrons. The lowest BCUT2D eigenvalue weighted by Crippen LogP contribution is -2.27. The third-order valence-corrected chi connectivity index (χ3v) is 4.62. The molecule has 5 nitrogen and oxygen atoms in total. The molecule has 0 aromatic heterocycles. The highest BCUT2D eigenvalue weighted by molar-refractivity contribution is 7.91. The minimum atomic E-state index is -3.16. The molecule has 0 saturated heterocycles. The van der Waals surface area contributed by atoms with Crippen molar-refractivity contribution in [1.82, 2.24) is 0 Å². The van der Waals surface area contributed by atoms with Gasteiger partial charge < -0.3 is 10.1 Å². The number of methoxy groups -OCH3 is 1. The fourth-order valence-electron chi connectivity index (χ4n) is 1.69. The summed E-state index contributed by atoms with van der Waals surface area (Å²) in [6.45, 7) is 3.19. The first kappa shape index (κ1) is 16.4. The number of rotatable bonds is 6. The second-order valence-corrected chi connectivity index (χ2v) is 6.83. The van der Waals surface area contributed by atoms with Crippen LogP contribution in [0, 0.1) is 5.82 Å². The van der Waals surface area contributed by atoms with E-state index in [4.69, 9.17) is 0 Å². The van der Waals surface area contributed by atoms with Crippen molar-refractivity contribution in [3.63, 3.8) is 0 Å². The molecule has 0 bridgehead atoms. The molecule has 20 heavy (non-hydrogen) atoms. The van der Waals surface area contributed by atoms with Gasteiger partial charge in [-0.15, -0.1) is 0 Å². The van der Waals surface area contributed by atoms with Gasteiger partial charge in [-0.2, -0.15) is 0 Å². The number of hydrogen-bond donors (Lipinski definition) is 1. The van der Waals surface area contributed by atoms with Gasteiger partial charge in [0.2, 0.25) is 0 Å². The molecule has 0 aliphatic rings. The van der Waals surface area contributed by atoms with Gasteiger partial charge in [-0.25, -0.2) is 17.6 Å². The van der Waals surface area contributed by atoms with Crippen LogP contribution in [-0.2, 0) is 14.6 Å². The van der Waals surface area contributed by atoms with Crippen LogP contribution in [0.15, 0.2) is 18.2 Å². The number of ether oxygens (including phenoxy) is 1. The quantitative estimate of drug-likeness (QED) is 0.812. The van der Waals surface area contributed by atoms with Gasteiger partial charge in [0, 0.05) is 11.8 Å². The molecule has 0 fully saturated rings. The SMILES string of the molecule is CCS(=O)(=O)CC(C)Nc1cc(C(=O)OC)ccc1F. The third kappa shape index (κ3) is 4.48. The number of nitrogens with one attached hydrogen (secondary N) is 1. The van der Waals surface area contributed by atoms with Crippen LogP contribution in [-0.4, -0.2) is 39.0 Å². The Labute approximate surface area is 118 Å². The fourth-order valence-corrected chi connectivity index (χ4v) is 2.77. The van der Waals surface area contributed by atoms with Crippen molar-refractivity contribution >= 4 is 21.5 Å². The molecular weight excluding hydrogens is 285 g/mol. The summed E-state index contributed by atoms with van der Waals surface area (Å²) in [4.78, 5) is 11.4. The van der Waals surface area contributed by atoms with E-state index in [1.807, 2.05) is 0 Å². The van der Waals surface area contributed by atoms with Crippen LogP contribution in [0.25, 0.3) is 0 Å². The molecule has 0 saturated carbocycles. The van der Waals surface area contributed by atoms with Crippen molar-refractivity contribution < 1.29 is 22.3 Å². The summed E-state index contributed by atoms with van der Waals surface area (Å²) < 4.78 is 41.2. The molecule has 0 aliphatic heterocycles. The Morgan fingerprint density at radius 1 is 1.45 bits per heavy atom. The van der Waals surface area contributed by atoms with Crippen LogP contribution >= 0.6 is 0 Å². The van der Waals surface area contributed by atoms with Gasteiger partial charge in [-0.3, -0.25) is 0 Å². The van der Waals surface area contributed by atoms with E-state index in [2.05, 4.69) is 10.1 Å². The first-order valence-electron chi connectivity index (χ1n) is 6.14. The van der Waals surface area contributed by atoms with E-state index in [0.717, 1.165) is 6.07 Å². The second kappa shape index (κ2) is 6.69. The molecule has 0 aliphatic carbocycles. The number of anilines is 1. The van der Waals surface area contributed by atoms with Crippen molar-refractivity contribution in [1.29, 1.82) is 0 Å². The zero-order valence-electron chi connectivity index (χ0n) is 11.6. The molecule has 1 aromatic carbocycles. The van der Waals surface area contributed by atoms with Crippen molar-refractivity contribution in [2.45, 2.75) is 19.9 Å². The van der Waals surface area contributed by atoms with Crippen molar-refractivity contribution in [3.8, 4) is 0 Å². The predicted octanol–water partition coefficient (Wildman–Crippen LogP) is 1.85. The zero-order valence-corrected chi connectivity index (χ0v) is 12.5. The van der Waals surface area contributed by atoms with E-state index in [9.17, 15) is 17.6 Å². The van der Waals surface area contributed by atoms with Crippen LogP contribution in [0.5, 0.6) is 0 Å². The van der Waals surface area contributed by atoms with Gasteiger partial charge in [0.25, 0.3) is 0 Å². The summed E-state index contributed by atoms with van der Waals surface area (Å²) >= 11 is 0. The topological polar surface area (TPSA) is 72.5 Å². The Hall–Kier alpha value is -1.63. The number of hydrogen-bond acceptors (Lipinski definition) is 5.